The lowest BCUT2D eigenvalue weighted by Gasteiger charge is -2.25. The van der Waals surface area contributed by atoms with E-state index in [1.165, 1.54) is 0 Å². The maximum atomic E-state index is 6.22. The highest BCUT2D eigenvalue weighted by Gasteiger charge is 2.12. The van der Waals surface area contributed by atoms with Gasteiger partial charge in [-0.25, -0.2) is 0 Å². The van der Waals surface area contributed by atoms with Crippen LogP contribution in [0.1, 0.15) is 6.42 Å². The molecule has 0 aliphatic heterocycles. The molecule has 0 atom stereocenters. The molecule has 1 aromatic carbocycles. The maximum Gasteiger partial charge on any atom is 0.0826 e. The molecule has 0 spiro atoms. The van der Waals surface area contributed by atoms with Crippen LogP contribution in [0.5, 0.6) is 0 Å². The molecule has 1 heterocycles. The monoisotopic (exact) mass is 291 g/mol. The second-order valence-corrected chi connectivity index (χ2v) is 4.96. The average molecular weight is 292 g/mol. The number of aromatic nitrogens is 1. The van der Waals surface area contributed by atoms with E-state index in [1.54, 1.807) is 12.4 Å². The quantitative estimate of drug-likeness (QED) is 0.856. The second-order valence-electron chi connectivity index (χ2n) is 4.03. The second kappa shape index (κ2) is 6.50. The first-order valence-corrected chi connectivity index (χ1v) is 6.67. The Hall–Kier alpha value is -1.65. The largest absolute Gasteiger partial charge is 0.393 e. The SMILES string of the molecule is NC(=S)CCN(c1ccccc1)c1ccncc1Cl. The minimum absolute atomic E-state index is 0.492. The van der Waals surface area contributed by atoms with Gasteiger partial charge in [0.2, 0.25) is 0 Å². The lowest BCUT2D eigenvalue weighted by atomic mass is 10.2. The first-order valence-electron chi connectivity index (χ1n) is 5.89. The Balaban J connectivity index is 2.35. The van der Waals surface area contributed by atoms with Crippen molar-refractivity contribution >= 4 is 40.2 Å². The Morgan fingerprint density at radius 1 is 1.26 bits per heavy atom. The zero-order valence-corrected chi connectivity index (χ0v) is 11.9. The van der Waals surface area contributed by atoms with E-state index in [0.29, 0.717) is 23.0 Å². The summed E-state index contributed by atoms with van der Waals surface area (Å²) in [4.78, 5) is 6.59. The molecule has 5 heteroatoms. The van der Waals surface area contributed by atoms with Crippen LogP contribution in [0, 0.1) is 0 Å². The third-order valence-electron chi connectivity index (χ3n) is 2.69. The van der Waals surface area contributed by atoms with Crippen molar-refractivity contribution in [1.82, 2.24) is 4.98 Å². The van der Waals surface area contributed by atoms with E-state index in [-0.39, 0.29) is 0 Å². The van der Waals surface area contributed by atoms with Gasteiger partial charge in [0, 0.05) is 31.0 Å². The minimum atomic E-state index is 0.492. The van der Waals surface area contributed by atoms with Gasteiger partial charge in [-0.2, -0.15) is 0 Å². The van der Waals surface area contributed by atoms with Crippen LogP contribution in [0.25, 0.3) is 0 Å². The lowest BCUT2D eigenvalue weighted by molar-refractivity contribution is 0.965. The standard InChI is InChI=1S/C14H14ClN3S/c15-12-10-17-8-6-13(12)18(9-7-14(16)19)11-4-2-1-3-5-11/h1-6,8,10H,7,9H2,(H2,16,19). The molecule has 0 amide bonds. The smallest absolute Gasteiger partial charge is 0.0826 e. The van der Waals surface area contributed by atoms with Gasteiger partial charge in [-0.15, -0.1) is 0 Å². The van der Waals surface area contributed by atoms with Gasteiger partial charge in [-0.05, 0) is 18.2 Å². The topological polar surface area (TPSA) is 42.1 Å². The van der Waals surface area contributed by atoms with Crippen molar-refractivity contribution in [3.63, 3.8) is 0 Å². The van der Waals surface area contributed by atoms with E-state index in [0.717, 1.165) is 11.4 Å². The Kier molecular flexibility index (Phi) is 4.71. The van der Waals surface area contributed by atoms with Crippen molar-refractivity contribution in [3.8, 4) is 0 Å². The fraction of sp³-hybridized carbons (Fsp3) is 0.143. The summed E-state index contributed by atoms with van der Waals surface area (Å²) in [5, 5.41) is 0.606. The van der Waals surface area contributed by atoms with E-state index in [9.17, 15) is 0 Å². The Labute approximate surface area is 123 Å². The van der Waals surface area contributed by atoms with Gasteiger partial charge >= 0.3 is 0 Å². The fourth-order valence-corrected chi connectivity index (χ4v) is 2.12. The number of nitrogens with two attached hydrogens (primary N) is 1. The molecule has 0 radical (unpaired) electrons. The van der Waals surface area contributed by atoms with Crippen LogP contribution in [-0.4, -0.2) is 16.5 Å². The highest BCUT2D eigenvalue weighted by Crippen LogP contribution is 2.30. The van der Waals surface area contributed by atoms with Crippen molar-refractivity contribution in [2.45, 2.75) is 6.42 Å². The lowest BCUT2D eigenvalue weighted by Crippen LogP contribution is -2.23. The fourth-order valence-electron chi connectivity index (χ4n) is 1.81. The van der Waals surface area contributed by atoms with Crippen molar-refractivity contribution in [3.05, 3.63) is 53.8 Å². The highest BCUT2D eigenvalue weighted by molar-refractivity contribution is 7.80. The predicted octanol–water partition coefficient (Wildman–Crippen LogP) is 3.55. The molecular formula is C14H14ClN3S. The van der Waals surface area contributed by atoms with Crippen LogP contribution < -0.4 is 10.6 Å². The summed E-state index contributed by atoms with van der Waals surface area (Å²) in [6.07, 6.45) is 3.98. The Bertz CT molecular complexity index is 560. The third kappa shape index (κ3) is 3.66. The normalized spacial score (nSPS) is 10.2. The van der Waals surface area contributed by atoms with E-state index in [1.807, 2.05) is 36.4 Å². The molecule has 0 saturated heterocycles. The predicted molar refractivity (Wildman–Crippen MR) is 84.1 cm³/mol. The first kappa shape index (κ1) is 13.8. The summed E-state index contributed by atoms with van der Waals surface area (Å²) >= 11 is 11.2. The molecule has 2 aromatic rings. The molecule has 0 aliphatic rings. The number of benzene rings is 1. The first-order chi connectivity index (χ1) is 9.18. The number of rotatable bonds is 5. The number of halogens is 1. The van der Waals surface area contributed by atoms with Gasteiger partial charge in [0.1, 0.15) is 0 Å². The molecule has 3 nitrogen and oxygen atoms in total. The molecule has 2 N–H and O–H groups in total. The summed E-state index contributed by atoms with van der Waals surface area (Å²) in [7, 11) is 0. The zero-order valence-electron chi connectivity index (χ0n) is 10.3. The van der Waals surface area contributed by atoms with Crippen LogP contribution in [0.15, 0.2) is 48.8 Å². The van der Waals surface area contributed by atoms with Gasteiger partial charge in [-0.3, -0.25) is 4.98 Å². The van der Waals surface area contributed by atoms with E-state index >= 15 is 0 Å². The number of nitrogens with zero attached hydrogens (tertiary/aromatic N) is 2. The summed E-state index contributed by atoms with van der Waals surface area (Å²) < 4.78 is 0. The summed E-state index contributed by atoms with van der Waals surface area (Å²) in [6.45, 7) is 0.684. The van der Waals surface area contributed by atoms with Crippen LogP contribution in [0.2, 0.25) is 5.02 Å². The summed E-state index contributed by atoms with van der Waals surface area (Å²) in [5.41, 5.74) is 7.54. The molecule has 98 valence electrons. The molecule has 0 fully saturated rings. The molecule has 0 saturated carbocycles. The molecule has 2 rings (SSSR count). The van der Waals surface area contributed by atoms with E-state index in [2.05, 4.69) is 9.88 Å². The van der Waals surface area contributed by atoms with Gasteiger partial charge in [0.15, 0.2) is 0 Å². The van der Waals surface area contributed by atoms with Crippen molar-refractivity contribution in [2.75, 3.05) is 11.4 Å². The van der Waals surface area contributed by atoms with Crippen LogP contribution in [0.4, 0.5) is 11.4 Å². The summed E-state index contributed by atoms with van der Waals surface area (Å²) in [6, 6.07) is 11.9. The van der Waals surface area contributed by atoms with E-state index in [4.69, 9.17) is 29.6 Å². The molecule has 0 aliphatic carbocycles. The maximum absolute atomic E-state index is 6.22. The number of hydrogen-bond acceptors (Lipinski definition) is 3. The number of para-hydroxylation sites is 1. The van der Waals surface area contributed by atoms with Crippen molar-refractivity contribution < 1.29 is 0 Å². The van der Waals surface area contributed by atoms with Crippen molar-refractivity contribution in [2.24, 2.45) is 5.73 Å². The van der Waals surface area contributed by atoms with Crippen molar-refractivity contribution in [1.29, 1.82) is 0 Å². The number of thiocarbonyl (C=S) groups is 1. The van der Waals surface area contributed by atoms with Gasteiger partial charge in [0.05, 0.1) is 15.7 Å². The summed E-state index contributed by atoms with van der Waals surface area (Å²) in [5.74, 6) is 0. The van der Waals surface area contributed by atoms with Gasteiger partial charge < -0.3 is 10.6 Å². The third-order valence-corrected chi connectivity index (χ3v) is 3.19. The van der Waals surface area contributed by atoms with Gasteiger partial charge in [0.25, 0.3) is 0 Å². The van der Waals surface area contributed by atoms with Crippen LogP contribution in [-0.2, 0) is 0 Å². The highest BCUT2D eigenvalue weighted by atomic mass is 35.5. The molecule has 0 bridgehead atoms. The number of anilines is 2. The average Bonchev–Trinajstić information content (AvgIpc) is 2.42. The molecule has 19 heavy (non-hydrogen) atoms. The zero-order chi connectivity index (χ0) is 13.7. The minimum Gasteiger partial charge on any atom is -0.393 e. The molecule has 1 aromatic heterocycles. The van der Waals surface area contributed by atoms with Crippen LogP contribution >= 0.6 is 23.8 Å². The number of pyridine rings is 1. The van der Waals surface area contributed by atoms with Gasteiger partial charge in [-0.1, -0.05) is 42.0 Å². The Morgan fingerprint density at radius 3 is 2.63 bits per heavy atom. The molecule has 0 unspecified atom stereocenters. The van der Waals surface area contributed by atoms with Crippen LogP contribution in [0.3, 0.4) is 0 Å². The molecular weight excluding hydrogens is 278 g/mol. The van der Waals surface area contributed by atoms with E-state index < -0.39 is 0 Å². The Morgan fingerprint density at radius 2 is 2.00 bits per heavy atom. The number of hydrogen-bond donors (Lipinski definition) is 1.